The van der Waals surface area contributed by atoms with E-state index in [4.69, 9.17) is 0 Å². The summed E-state index contributed by atoms with van der Waals surface area (Å²) in [6.45, 7) is 5.72. The first kappa shape index (κ1) is 16.7. The van der Waals surface area contributed by atoms with Gasteiger partial charge in [0.15, 0.2) is 0 Å². The Bertz CT molecular complexity index is 614. The van der Waals surface area contributed by atoms with Crippen LogP contribution in [0, 0.1) is 11.3 Å². The van der Waals surface area contributed by atoms with Crippen LogP contribution in [-0.2, 0) is 19.4 Å². The average Bonchev–Trinajstić information content (AvgIpc) is 2.54. The van der Waals surface area contributed by atoms with Gasteiger partial charge in [-0.15, -0.1) is 0 Å². The van der Waals surface area contributed by atoms with Crippen LogP contribution in [0.2, 0.25) is 0 Å². The summed E-state index contributed by atoms with van der Waals surface area (Å²) in [5.41, 5.74) is 1.76. The van der Waals surface area contributed by atoms with Gasteiger partial charge in [-0.25, -0.2) is 4.68 Å². The summed E-state index contributed by atoms with van der Waals surface area (Å²) in [5.74, 6) is 0. The molecule has 5 nitrogen and oxygen atoms in total. The van der Waals surface area contributed by atoms with Gasteiger partial charge in [-0.3, -0.25) is 4.79 Å². The minimum absolute atomic E-state index is 0.227. The Kier molecular flexibility index (Phi) is 5.73. The van der Waals surface area contributed by atoms with Gasteiger partial charge in [-0.05, 0) is 51.3 Å². The van der Waals surface area contributed by atoms with Gasteiger partial charge < -0.3 is 4.90 Å². The normalized spacial score (nSPS) is 19.1. The lowest BCUT2D eigenvalue weighted by Crippen LogP contribution is -2.38. The molecule has 2 rings (SSSR count). The van der Waals surface area contributed by atoms with Gasteiger partial charge in [0.05, 0.1) is 5.69 Å². The second kappa shape index (κ2) is 7.55. The Morgan fingerprint density at radius 1 is 1.32 bits per heavy atom. The predicted octanol–water partition coefficient (Wildman–Crippen LogP) is 2.11. The summed E-state index contributed by atoms with van der Waals surface area (Å²) in [5, 5.41) is 13.8. The van der Waals surface area contributed by atoms with Gasteiger partial charge in [0, 0.05) is 12.6 Å². The van der Waals surface area contributed by atoms with Crippen molar-refractivity contribution in [1.29, 1.82) is 5.26 Å². The molecule has 1 aromatic heterocycles. The molecule has 2 heterocycles. The Labute approximate surface area is 132 Å². The van der Waals surface area contributed by atoms with Gasteiger partial charge in [-0.2, -0.15) is 10.4 Å². The van der Waals surface area contributed by atoms with Crippen molar-refractivity contribution in [3.63, 3.8) is 0 Å². The number of aromatic nitrogens is 2. The third-order valence-electron chi connectivity index (χ3n) is 4.74. The van der Waals surface area contributed by atoms with Crippen LogP contribution >= 0.6 is 0 Å². The van der Waals surface area contributed by atoms with Gasteiger partial charge in [0.2, 0.25) is 0 Å². The van der Waals surface area contributed by atoms with Crippen molar-refractivity contribution in [3.8, 4) is 6.07 Å². The van der Waals surface area contributed by atoms with Crippen LogP contribution in [-0.4, -0.2) is 34.3 Å². The highest BCUT2D eigenvalue weighted by Crippen LogP contribution is 2.18. The van der Waals surface area contributed by atoms with E-state index in [-0.39, 0.29) is 11.1 Å². The molecule has 1 aliphatic rings. The Balaban J connectivity index is 2.24. The van der Waals surface area contributed by atoms with Crippen molar-refractivity contribution >= 4 is 0 Å². The smallest absolute Gasteiger partial charge is 0.284 e. The summed E-state index contributed by atoms with van der Waals surface area (Å²) >= 11 is 0. The van der Waals surface area contributed by atoms with E-state index in [9.17, 15) is 10.1 Å². The second-order valence-corrected chi connectivity index (χ2v) is 6.07. The van der Waals surface area contributed by atoms with E-state index in [1.165, 1.54) is 23.9 Å². The van der Waals surface area contributed by atoms with Crippen LogP contribution in [0.1, 0.15) is 56.4 Å². The molecule has 1 aliphatic heterocycles. The second-order valence-electron chi connectivity index (χ2n) is 6.07. The molecule has 1 atom stereocenters. The van der Waals surface area contributed by atoms with Crippen LogP contribution < -0.4 is 5.56 Å². The summed E-state index contributed by atoms with van der Waals surface area (Å²) in [6.07, 6.45) is 6.06. The summed E-state index contributed by atoms with van der Waals surface area (Å²) < 4.78 is 1.51. The molecule has 0 aliphatic carbocycles. The molecular formula is C17H26N4O. The van der Waals surface area contributed by atoms with Gasteiger partial charge in [0.1, 0.15) is 11.6 Å². The molecule has 0 saturated carbocycles. The summed E-state index contributed by atoms with van der Waals surface area (Å²) in [7, 11) is 2.15. The first-order valence-corrected chi connectivity index (χ1v) is 8.35. The molecule has 0 unspecified atom stereocenters. The number of hydrogen-bond acceptors (Lipinski definition) is 4. The highest BCUT2D eigenvalue weighted by molar-refractivity contribution is 5.37. The quantitative estimate of drug-likeness (QED) is 0.836. The monoisotopic (exact) mass is 302 g/mol. The largest absolute Gasteiger partial charge is 0.303 e. The maximum atomic E-state index is 12.5. The molecule has 0 amide bonds. The number of likely N-dealkylation sites (tertiary alicyclic amines) is 1. The molecule has 120 valence electrons. The zero-order valence-electron chi connectivity index (χ0n) is 13.9. The Hall–Kier alpha value is -1.67. The zero-order valence-corrected chi connectivity index (χ0v) is 13.9. The minimum Gasteiger partial charge on any atom is -0.303 e. The fourth-order valence-electron chi connectivity index (χ4n) is 3.37. The number of hydrogen-bond donors (Lipinski definition) is 0. The van der Waals surface area contributed by atoms with Crippen molar-refractivity contribution < 1.29 is 0 Å². The van der Waals surface area contributed by atoms with Crippen LogP contribution in [0.4, 0.5) is 0 Å². The lowest BCUT2D eigenvalue weighted by atomic mass is 10.00. The van der Waals surface area contributed by atoms with Crippen LogP contribution in [0.5, 0.6) is 0 Å². The lowest BCUT2D eigenvalue weighted by molar-refractivity contribution is 0.169. The first-order valence-electron chi connectivity index (χ1n) is 8.35. The molecule has 0 radical (unpaired) electrons. The van der Waals surface area contributed by atoms with E-state index in [1.54, 1.807) is 0 Å². The van der Waals surface area contributed by atoms with Crippen molar-refractivity contribution in [2.75, 3.05) is 13.6 Å². The van der Waals surface area contributed by atoms with Gasteiger partial charge in [0.25, 0.3) is 5.56 Å². The van der Waals surface area contributed by atoms with Crippen molar-refractivity contribution in [2.45, 2.75) is 65.0 Å². The zero-order chi connectivity index (χ0) is 16.1. The number of nitrogens with zero attached hydrogens (tertiary/aromatic N) is 4. The molecule has 0 aromatic carbocycles. The van der Waals surface area contributed by atoms with Crippen LogP contribution in [0.15, 0.2) is 4.79 Å². The molecule has 1 aromatic rings. The Morgan fingerprint density at radius 3 is 2.68 bits per heavy atom. The fourth-order valence-corrected chi connectivity index (χ4v) is 3.37. The van der Waals surface area contributed by atoms with Gasteiger partial charge in [-0.1, -0.05) is 20.3 Å². The van der Waals surface area contributed by atoms with E-state index in [2.05, 4.69) is 23.1 Å². The fraction of sp³-hybridized carbons (Fsp3) is 0.706. The van der Waals surface area contributed by atoms with E-state index in [0.29, 0.717) is 19.0 Å². The van der Waals surface area contributed by atoms with E-state index in [1.807, 2.05) is 13.8 Å². The number of nitriles is 1. The van der Waals surface area contributed by atoms with Crippen molar-refractivity contribution in [1.82, 2.24) is 14.7 Å². The Morgan fingerprint density at radius 2 is 2.09 bits per heavy atom. The molecule has 0 bridgehead atoms. The summed E-state index contributed by atoms with van der Waals surface area (Å²) in [6, 6.07) is 2.61. The van der Waals surface area contributed by atoms with Gasteiger partial charge >= 0.3 is 0 Å². The highest BCUT2D eigenvalue weighted by Gasteiger charge is 2.20. The van der Waals surface area contributed by atoms with Crippen LogP contribution in [0.3, 0.4) is 0 Å². The topological polar surface area (TPSA) is 61.9 Å². The molecule has 0 spiro atoms. The molecule has 5 heteroatoms. The third kappa shape index (κ3) is 3.38. The standard InChI is InChI=1S/C17H26N4O/c1-4-14-15(12-18)17(22)21(19-16(14)5-2)11-9-13-8-6-7-10-20(13)3/h13H,4-11H2,1-3H3/t13-/m0/s1. The van der Waals surface area contributed by atoms with Crippen molar-refractivity contribution in [3.05, 3.63) is 27.2 Å². The minimum atomic E-state index is -0.227. The van der Waals surface area contributed by atoms with E-state index >= 15 is 0 Å². The maximum Gasteiger partial charge on any atom is 0.284 e. The third-order valence-corrected chi connectivity index (χ3v) is 4.74. The highest BCUT2D eigenvalue weighted by atomic mass is 16.1. The number of piperidine rings is 1. The average molecular weight is 302 g/mol. The maximum absolute atomic E-state index is 12.5. The lowest BCUT2D eigenvalue weighted by Gasteiger charge is -2.32. The molecule has 22 heavy (non-hydrogen) atoms. The molecule has 0 N–H and O–H groups in total. The van der Waals surface area contributed by atoms with Crippen molar-refractivity contribution in [2.24, 2.45) is 0 Å². The first-order chi connectivity index (χ1) is 10.6. The molecule has 1 fully saturated rings. The molecule has 1 saturated heterocycles. The van der Waals surface area contributed by atoms with E-state index < -0.39 is 0 Å². The summed E-state index contributed by atoms with van der Waals surface area (Å²) in [4.78, 5) is 14.8. The van der Waals surface area contributed by atoms with Crippen LogP contribution in [0.25, 0.3) is 0 Å². The SMILES string of the molecule is CCc1nn(CC[C@@H]2CCCCN2C)c(=O)c(C#N)c1CC. The predicted molar refractivity (Wildman–Crippen MR) is 86.9 cm³/mol. The number of aryl methyl sites for hydroxylation is 2. The molecular weight excluding hydrogens is 276 g/mol. The number of rotatable bonds is 5. The van der Waals surface area contributed by atoms with E-state index in [0.717, 1.165) is 30.6 Å².